The van der Waals surface area contributed by atoms with E-state index in [0.717, 1.165) is 10.8 Å². The molecule has 2 rings (SSSR count). The van der Waals surface area contributed by atoms with Gasteiger partial charge in [-0.3, -0.25) is 0 Å². The van der Waals surface area contributed by atoms with E-state index in [0.29, 0.717) is 10.6 Å². The maximum atomic E-state index is 13.6. The molecule has 1 aromatic heterocycles. The molecule has 0 N–H and O–H groups in total. The summed E-state index contributed by atoms with van der Waals surface area (Å²) in [4.78, 5) is 0. The monoisotopic (exact) mass is 484 g/mol. The highest BCUT2D eigenvalue weighted by Crippen LogP contribution is 2.43. The molecule has 27 heavy (non-hydrogen) atoms. The molecule has 1 heterocycles. The SMILES string of the molecule is CS(=O)(=O)CCOCn1c(-c2ccc(Cl)cc2)c(C#N)c(Br)c1C(F)(F)F. The number of nitriles is 1. The van der Waals surface area contributed by atoms with Crippen molar-refractivity contribution in [1.82, 2.24) is 4.57 Å². The lowest BCUT2D eigenvalue weighted by Crippen LogP contribution is -2.18. The Morgan fingerprint density at radius 2 is 1.89 bits per heavy atom. The maximum Gasteiger partial charge on any atom is 0.432 e. The summed E-state index contributed by atoms with van der Waals surface area (Å²) < 4.78 is 68.6. The van der Waals surface area contributed by atoms with E-state index in [1.54, 1.807) is 6.07 Å². The Morgan fingerprint density at radius 3 is 2.37 bits per heavy atom. The van der Waals surface area contributed by atoms with Gasteiger partial charge >= 0.3 is 6.18 Å². The third-order valence-corrected chi connectivity index (χ3v) is 5.45. The summed E-state index contributed by atoms with van der Waals surface area (Å²) in [5.74, 6) is -0.335. The van der Waals surface area contributed by atoms with Gasteiger partial charge in [0.25, 0.3) is 0 Å². The van der Waals surface area contributed by atoms with Gasteiger partial charge in [-0.05, 0) is 33.6 Å². The molecular formula is C16H13BrClF3N2O3S. The molecule has 0 unspecified atom stereocenters. The van der Waals surface area contributed by atoms with Crippen LogP contribution in [-0.2, 0) is 27.5 Å². The minimum absolute atomic E-state index is 0.00674. The number of halogens is 5. The molecule has 0 aliphatic carbocycles. The predicted octanol–water partition coefficient (Wildman–Crippen LogP) is 4.48. The highest BCUT2D eigenvalue weighted by Gasteiger charge is 2.40. The molecule has 0 spiro atoms. The van der Waals surface area contributed by atoms with Crippen LogP contribution in [0.25, 0.3) is 11.3 Å². The van der Waals surface area contributed by atoms with Gasteiger partial charge in [0.05, 0.1) is 28.1 Å². The first kappa shape index (κ1) is 21.8. The molecule has 2 aromatic rings. The first-order chi connectivity index (χ1) is 12.5. The third kappa shape index (κ3) is 5.25. The summed E-state index contributed by atoms with van der Waals surface area (Å²) in [6.45, 7) is -0.865. The van der Waals surface area contributed by atoms with Crippen molar-refractivity contribution in [2.75, 3.05) is 18.6 Å². The minimum atomic E-state index is -4.77. The molecule has 11 heteroatoms. The third-order valence-electron chi connectivity index (χ3n) is 3.52. The molecule has 0 bridgehead atoms. The lowest BCUT2D eigenvalue weighted by Gasteiger charge is -2.16. The molecule has 146 valence electrons. The number of benzene rings is 1. The van der Waals surface area contributed by atoms with E-state index in [1.807, 2.05) is 0 Å². The molecule has 0 fully saturated rings. The zero-order chi connectivity index (χ0) is 20.4. The normalized spacial score (nSPS) is 12.2. The lowest BCUT2D eigenvalue weighted by atomic mass is 10.1. The van der Waals surface area contributed by atoms with Crippen molar-refractivity contribution in [3.05, 3.63) is 45.0 Å². The Labute approximate surface area is 167 Å². The van der Waals surface area contributed by atoms with Crippen molar-refractivity contribution in [2.45, 2.75) is 12.9 Å². The van der Waals surface area contributed by atoms with Crippen LogP contribution >= 0.6 is 27.5 Å². The van der Waals surface area contributed by atoms with Crippen LogP contribution in [0.2, 0.25) is 5.02 Å². The van der Waals surface area contributed by atoms with Gasteiger partial charge in [-0.15, -0.1) is 0 Å². The zero-order valence-electron chi connectivity index (χ0n) is 13.8. The average Bonchev–Trinajstić information content (AvgIpc) is 2.83. The molecule has 0 atom stereocenters. The summed E-state index contributed by atoms with van der Waals surface area (Å²) in [6, 6.07) is 7.72. The second-order valence-corrected chi connectivity index (χ2v) is 9.09. The molecule has 0 aliphatic heterocycles. The first-order valence-corrected chi connectivity index (χ1v) is 10.6. The molecule has 1 aromatic carbocycles. The van der Waals surface area contributed by atoms with E-state index in [9.17, 15) is 26.9 Å². The second kappa shape index (κ2) is 8.22. The Kier molecular flexibility index (Phi) is 6.63. The van der Waals surface area contributed by atoms with Crippen LogP contribution in [0.5, 0.6) is 0 Å². The van der Waals surface area contributed by atoms with Gasteiger partial charge in [-0.2, -0.15) is 18.4 Å². The minimum Gasteiger partial charge on any atom is -0.360 e. The van der Waals surface area contributed by atoms with Crippen molar-refractivity contribution in [3.63, 3.8) is 0 Å². The van der Waals surface area contributed by atoms with Crippen molar-refractivity contribution >= 4 is 37.4 Å². The van der Waals surface area contributed by atoms with Crippen LogP contribution in [0.1, 0.15) is 11.3 Å². The van der Waals surface area contributed by atoms with Crippen LogP contribution in [-0.4, -0.2) is 31.6 Å². The van der Waals surface area contributed by atoms with Crippen LogP contribution < -0.4 is 0 Å². The smallest absolute Gasteiger partial charge is 0.360 e. The number of nitrogens with zero attached hydrogens (tertiary/aromatic N) is 2. The van der Waals surface area contributed by atoms with Crippen molar-refractivity contribution in [3.8, 4) is 17.3 Å². The van der Waals surface area contributed by atoms with E-state index >= 15 is 0 Å². The summed E-state index contributed by atoms with van der Waals surface area (Å²) in [7, 11) is -3.32. The topological polar surface area (TPSA) is 72.1 Å². The summed E-state index contributed by atoms with van der Waals surface area (Å²) in [6.07, 6.45) is -3.77. The van der Waals surface area contributed by atoms with Gasteiger partial charge in [0, 0.05) is 11.3 Å². The Hall–Kier alpha value is -1.54. The largest absolute Gasteiger partial charge is 0.432 e. The number of hydrogen-bond donors (Lipinski definition) is 0. The summed E-state index contributed by atoms with van der Waals surface area (Å²) in [5, 5.41) is 9.77. The number of sulfone groups is 1. The Balaban J connectivity index is 2.56. The number of hydrogen-bond acceptors (Lipinski definition) is 4. The van der Waals surface area contributed by atoms with Crippen LogP contribution in [0.4, 0.5) is 13.2 Å². The Morgan fingerprint density at radius 1 is 1.30 bits per heavy atom. The maximum absolute atomic E-state index is 13.6. The number of aromatic nitrogens is 1. The standard InChI is InChI=1S/C16H13BrClF3N2O3S/c1-27(24,25)7-6-26-9-23-14(10-2-4-11(18)5-3-10)12(8-22)13(17)15(23)16(19,20)21/h2-5H,6-7,9H2,1H3. The fraction of sp³-hybridized carbons (Fsp3) is 0.312. The van der Waals surface area contributed by atoms with E-state index in [4.69, 9.17) is 16.3 Å². The van der Waals surface area contributed by atoms with E-state index in [2.05, 4.69) is 15.9 Å². The fourth-order valence-electron chi connectivity index (χ4n) is 2.37. The number of ether oxygens (including phenoxy) is 1. The highest BCUT2D eigenvalue weighted by atomic mass is 79.9. The van der Waals surface area contributed by atoms with Gasteiger partial charge in [0.15, 0.2) is 0 Å². The second-order valence-electron chi connectivity index (χ2n) is 5.60. The molecule has 0 saturated carbocycles. The molecule has 0 amide bonds. The number of rotatable bonds is 6. The van der Waals surface area contributed by atoms with Crippen LogP contribution in [0.15, 0.2) is 28.7 Å². The number of alkyl halides is 3. The van der Waals surface area contributed by atoms with Gasteiger partial charge < -0.3 is 9.30 Å². The molecule has 0 radical (unpaired) electrons. The van der Waals surface area contributed by atoms with Gasteiger partial charge in [-0.25, -0.2) is 8.42 Å². The van der Waals surface area contributed by atoms with Gasteiger partial charge in [0.2, 0.25) is 0 Å². The first-order valence-electron chi connectivity index (χ1n) is 7.36. The summed E-state index contributed by atoms with van der Waals surface area (Å²) in [5.41, 5.74) is -0.980. The van der Waals surface area contributed by atoms with E-state index in [-0.39, 0.29) is 23.6 Å². The van der Waals surface area contributed by atoms with Crippen molar-refractivity contribution in [2.24, 2.45) is 0 Å². The molecule has 0 saturated heterocycles. The average molecular weight is 486 g/mol. The van der Waals surface area contributed by atoms with Crippen molar-refractivity contribution in [1.29, 1.82) is 5.26 Å². The van der Waals surface area contributed by atoms with E-state index in [1.165, 1.54) is 24.3 Å². The predicted molar refractivity (Wildman–Crippen MR) is 98.0 cm³/mol. The zero-order valence-corrected chi connectivity index (χ0v) is 17.0. The lowest BCUT2D eigenvalue weighted by molar-refractivity contribution is -0.146. The Bertz CT molecular complexity index is 980. The van der Waals surface area contributed by atoms with Gasteiger partial charge in [0.1, 0.15) is 28.3 Å². The summed E-state index contributed by atoms with van der Waals surface area (Å²) >= 11 is 8.68. The fourth-order valence-corrected chi connectivity index (χ4v) is 3.63. The highest BCUT2D eigenvalue weighted by molar-refractivity contribution is 9.10. The molecule has 5 nitrogen and oxygen atoms in total. The quantitative estimate of drug-likeness (QED) is 0.566. The van der Waals surface area contributed by atoms with Crippen molar-refractivity contribution < 1.29 is 26.3 Å². The van der Waals surface area contributed by atoms with E-state index < -0.39 is 32.9 Å². The van der Waals surface area contributed by atoms with Crippen LogP contribution in [0.3, 0.4) is 0 Å². The molecular weight excluding hydrogens is 473 g/mol. The van der Waals surface area contributed by atoms with Crippen LogP contribution in [0, 0.1) is 11.3 Å². The van der Waals surface area contributed by atoms with Gasteiger partial charge in [-0.1, -0.05) is 23.7 Å². The molecule has 0 aliphatic rings.